The molecule has 0 heterocycles. The zero-order chi connectivity index (χ0) is 9.72. The van der Waals surface area contributed by atoms with Crippen molar-refractivity contribution in [1.29, 1.82) is 0 Å². The summed E-state index contributed by atoms with van der Waals surface area (Å²) in [4.78, 5) is 30.6. The summed E-state index contributed by atoms with van der Waals surface area (Å²) in [5.74, 6) is -3.47. The fraction of sp³-hybridized carbons (Fsp3) is 0.500. The van der Waals surface area contributed by atoms with E-state index in [-0.39, 0.29) is 0 Å². The average Bonchev–Trinajstić information content (AvgIpc) is 1.84. The molecule has 12 heavy (non-hydrogen) atoms. The van der Waals surface area contributed by atoms with Gasteiger partial charge in [-0.3, -0.25) is 9.59 Å². The summed E-state index contributed by atoms with van der Waals surface area (Å²) in [6.45, 7) is 0.978. The van der Waals surface area contributed by atoms with Crippen molar-refractivity contribution in [2.24, 2.45) is 0 Å². The van der Waals surface area contributed by atoms with Crippen LogP contribution in [0, 0.1) is 0 Å². The van der Waals surface area contributed by atoms with Gasteiger partial charge in [0.15, 0.2) is 6.10 Å². The van der Waals surface area contributed by atoms with Crippen LogP contribution in [0.4, 0.5) is 0 Å². The van der Waals surface area contributed by atoms with E-state index in [1.54, 1.807) is 0 Å². The molecule has 6 nitrogen and oxygen atoms in total. The van der Waals surface area contributed by atoms with Crippen LogP contribution in [0.15, 0.2) is 0 Å². The first-order chi connectivity index (χ1) is 5.43. The predicted octanol–water partition coefficient (Wildman–Crippen LogP) is -1.09. The van der Waals surface area contributed by atoms with E-state index in [0.717, 1.165) is 6.92 Å². The Morgan fingerprint density at radius 1 is 1.42 bits per heavy atom. The lowest BCUT2D eigenvalue weighted by molar-refractivity contribution is -0.167. The van der Waals surface area contributed by atoms with Crippen LogP contribution in [0.2, 0.25) is 0 Å². The fourth-order valence-electron chi connectivity index (χ4n) is 0.458. The molecule has 0 aromatic carbocycles. The van der Waals surface area contributed by atoms with Gasteiger partial charge in [-0.05, 0) is 0 Å². The molecule has 0 saturated carbocycles. The van der Waals surface area contributed by atoms with Crippen LogP contribution in [0.25, 0.3) is 0 Å². The first-order valence-corrected chi connectivity index (χ1v) is 3.05. The number of aliphatic hydroxyl groups is 1. The van der Waals surface area contributed by atoms with Gasteiger partial charge in [-0.2, -0.15) is 0 Å². The molecule has 0 aliphatic heterocycles. The van der Waals surface area contributed by atoms with E-state index >= 15 is 0 Å². The molecule has 2 N–H and O–H groups in total. The molecule has 0 aromatic heterocycles. The second kappa shape index (κ2) is 4.45. The quantitative estimate of drug-likeness (QED) is 0.418. The highest BCUT2D eigenvalue weighted by Crippen LogP contribution is 1.95. The number of aliphatic carboxylic acids is 1. The van der Waals surface area contributed by atoms with Crippen LogP contribution in [0.3, 0.4) is 0 Å². The number of rotatable bonds is 3. The molecule has 0 aliphatic carbocycles. The van der Waals surface area contributed by atoms with Crippen molar-refractivity contribution >= 4 is 17.9 Å². The van der Waals surface area contributed by atoms with Gasteiger partial charge in [0, 0.05) is 6.92 Å². The van der Waals surface area contributed by atoms with Crippen LogP contribution >= 0.6 is 0 Å². The Morgan fingerprint density at radius 3 is 2.25 bits per heavy atom. The normalized spacial score (nSPS) is 11.8. The molecule has 6 heteroatoms. The average molecular weight is 176 g/mol. The second-order valence-corrected chi connectivity index (χ2v) is 2.03. The van der Waals surface area contributed by atoms with E-state index in [9.17, 15) is 14.4 Å². The van der Waals surface area contributed by atoms with Crippen LogP contribution in [-0.2, 0) is 19.1 Å². The molecule has 0 rings (SSSR count). The highest BCUT2D eigenvalue weighted by molar-refractivity contribution is 5.88. The number of hydrogen-bond acceptors (Lipinski definition) is 5. The summed E-state index contributed by atoms with van der Waals surface area (Å²) in [5, 5.41) is 16.8. The molecule has 68 valence electrons. The number of ether oxygens (including phenoxy) is 1. The Morgan fingerprint density at radius 2 is 1.92 bits per heavy atom. The number of carbonyl (C=O) groups is 3. The van der Waals surface area contributed by atoms with Gasteiger partial charge in [-0.15, -0.1) is 0 Å². The molecule has 0 bridgehead atoms. The standard InChI is InChI=1S/C6H8O6/c1-3(7)12-6(11)4(8)2-5(9)10/h4,8H,2H2,1H3,(H,9,10). The maximum absolute atomic E-state index is 10.5. The van der Waals surface area contributed by atoms with Crippen molar-refractivity contribution in [3.8, 4) is 0 Å². The summed E-state index contributed by atoms with van der Waals surface area (Å²) < 4.78 is 3.92. The summed E-state index contributed by atoms with van der Waals surface area (Å²) in [5.41, 5.74) is 0. The zero-order valence-corrected chi connectivity index (χ0v) is 6.31. The van der Waals surface area contributed by atoms with E-state index in [4.69, 9.17) is 10.2 Å². The van der Waals surface area contributed by atoms with Crippen molar-refractivity contribution in [3.63, 3.8) is 0 Å². The van der Waals surface area contributed by atoms with Crippen LogP contribution in [0.1, 0.15) is 13.3 Å². The Labute approximate surface area is 67.8 Å². The van der Waals surface area contributed by atoms with Gasteiger partial charge in [-0.1, -0.05) is 0 Å². The third kappa shape index (κ3) is 4.40. The molecule has 1 atom stereocenters. The van der Waals surface area contributed by atoms with Crippen LogP contribution < -0.4 is 0 Å². The van der Waals surface area contributed by atoms with E-state index in [1.807, 2.05) is 0 Å². The summed E-state index contributed by atoms with van der Waals surface area (Å²) in [6, 6.07) is 0. The van der Waals surface area contributed by atoms with E-state index in [1.165, 1.54) is 0 Å². The van der Waals surface area contributed by atoms with Gasteiger partial charge in [0.1, 0.15) is 0 Å². The van der Waals surface area contributed by atoms with E-state index in [2.05, 4.69) is 4.74 Å². The van der Waals surface area contributed by atoms with Crippen molar-refractivity contribution < 1.29 is 29.3 Å². The molecule has 0 saturated heterocycles. The molecule has 1 unspecified atom stereocenters. The van der Waals surface area contributed by atoms with Gasteiger partial charge in [0.2, 0.25) is 0 Å². The van der Waals surface area contributed by atoms with Gasteiger partial charge in [0.25, 0.3) is 0 Å². The van der Waals surface area contributed by atoms with Gasteiger partial charge >= 0.3 is 17.9 Å². The summed E-state index contributed by atoms with van der Waals surface area (Å²) >= 11 is 0. The molecule has 0 aromatic rings. The molecule has 0 spiro atoms. The van der Waals surface area contributed by atoms with E-state index < -0.39 is 30.4 Å². The van der Waals surface area contributed by atoms with Crippen molar-refractivity contribution in [2.75, 3.05) is 0 Å². The Hall–Kier alpha value is -1.43. The number of carboxylic acid groups (broad SMARTS) is 1. The van der Waals surface area contributed by atoms with Gasteiger partial charge in [-0.25, -0.2) is 4.79 Å². The first-order valence-electron chi connectivity index (χ1n) is 3.05. The minimum atomic E-state index is -1.79. The van der Waals surface area contributed by atoms with Gasteiger partial charge in [0.05, 0.1) is 6.42 Å². The fourth-order valence-corrected chi connectivity index (χ4v) is 0.458. The number of esters is 2. The predicted molar refractivity (Wildman–Crippen MR) is 35.0 cm³/mol. The maximum Gasteiger partial charge on any atom is 0.343 e. The van der Waals surface area contributed by atoms with Crippen LogP contribution in [-0.4, -0.2) is 34.2 Å². The third-order valence-corrected chi connectivity index (χ3v) is 0.884. The molecule has 0 fully saturated rings. The van der Waals surface area contributed by atoms with Crippen molar-refractivity contribution in [3.05, 3.63) is 0 Å². The number of carbonyl (C=O) groups excluding carboxylic acids is 2. The molecule has 0 amide bonds. The minimum absolute atomic E-state index is 0.772. The van der Waals surface area contributed by atoms with E-state index in [0.29, 0.717) is 0 Å². The highest BCUT2D eigenvalue weighted by Gasteiger charge is 2.21. The molecular weight excluding hydrogens is 168 g/mol. The minimum Gasteiger partial charge on any atom is -0.481 e. The maximum atomic E-state index is 10.5. The summed E-state index contributed by atoms with van der Waals surface area (Å²) in [7, 11) is 0. The van der Waals surface area contributed by atoms with Crippen molar-refractivity contribution in [2.45, 2.75) is 19.4 Å². The lowest BCUT2D eigenvalue weighted by Crippen LogP contribution is -2.27. The molecule has 0 aliphatic rings. The molecular formula is C6H8O6. The van der Waals surface area contributed by atoms with Crippen LogP contribution in [0.5, 0.6) is 0 Å². The van der Waals surface area contributed by atoms with Crippen molar-refractivity contribution in [1.82, 2.24) is 0 Å². The zero-order valence-electron chi connectivity index (χ0n) is 6.31. The lowest BCUT2D eigenvalue weighted by Gasteiger charge is -2.04. The van der Waals surface area contributed by atoms with Gasteiger partial charge < -0.3 is 14.9 Å². The Bertz CT molecular complexity index is 208. The largest absolute Gasteiger partial charge is 0.481 e. The highest BCUT2D eigenvalue weighted by atomic mass is 16.6. The molecule has 0 radical (unpaired) electrons. The first kappa shape index (κ1) is 10.6. The summed E-state index contributed by atoms with van der Waals surface area (Å²) in [6.07, 6.45) is -2.56. The number of carboxylic acids is 1. The number of aliphatic hydroxyl groups excluding tert-OH is 1. The topological polar surface area (TPSA) is 101 Å². The number of hydrogen-bond donors (Lipinski definition) is 2. The monoisotopic (exact) mass is 176 g/mol. The Kier molecular flexibility index (Phi) is 3.92. The third-order valence-electron chi connectivity index (χ3n) is 0.884. The smallest absolute Gasteiger partial charge is 0.343 e. The SMILES string of the molecule is CC(=O)OC(=O)C(O)CC(=O)O. The second-order valence-electron chi connectivity index (χ2n) is 2.03. The Balaban J connectivity index is 3.93. The lowest BCUT2D eigenvalue weighted by atomic mass is 10.2.